The SMILES string of the molecule is CCCCCn1nc(C(=O)NNC(=O)c2cc(F)c(Cl)cc2Cl)c2ccccc2c1=O. The Morgan fingerprint density at radius 2 is 1.71 bits per heavy atom. The van der Waals surface area contributed by atoms with Gasteiger partial charge in [-0.3, -0.25) is 25.2 Å². The van der Waals surface area contributed by atoms with Crippen molar-refractivity contribution in [1.82, 2.24) is 20.6 Å². The summed E-state index contributed by atoms with van der Waals surface area (Å²) in [6.45, 7) is 2.40. The van der Waals surface area contributed by atoms with Gasteiger partial charge >= 0.3 is 0 Å². The predicted octanol–water partition coefficient (Wildman–Crippen LogP) is 4.11. The van der Waals surface area contributed by atoms with E-state index in [1.165, 1.54) is 4.68 Å². The second-order valence-electron chi connectivity index (χ2n) is 6.78. The maximum Gasteiger partial charge on any atom is 0.290 e. The van der Waals surface area contributed by atoms with Crippen LogP contribution in [0.5, 0.6) is 0 Å². The van der Waals surface area contributed by atoms with E-state index in [0.717, 1.165) is 31.4 Å². The van der Waals surface area contributed by atoms with Crippen LogP contribution in [-0.2, 0) is 6.54 Å². The standard InChI is InChI=1S/C21H19Cl2FN4O3/c1-2-3-6-9-28-21(31)13-8-5-4-7-12(13)18(27-28)20(30)26-25-19(29)14-10-17(24)16(23)11-15(14)22/h4-5,7-8,10-11H,2-3,6,9H2,1H3,(H,25,29)(H,26,30). The van der Waals surface area contributed by atoms with E-state index in [9.17, 15) is 18.8 Å². The molecular formula is C21H19Cl2FN4O3. The lowest BCUT2D eigenvalue weighted by Crippen LogP contribution is -2.43. The number of nitrogens with zero attached hydrogens (tertiary/aromatic N) is 2. The van der Waals surface area contributed by atoms with Crippen LogP contribution in [0.3, 0.4) is 0 Å². The molecule has 31 heavy (non-hydrogen) atoms. The summed E-state index contributed by atoms with van der Waals surface area (Å²) in [4.78, 5) is 37.8. The van der Waals surface area contributed by atoms with Crippen LogP contribution in [0.2, 0.25) is 10.0 Å². The van der Waals surface area contributed by atoms with Gasteiger partial charge < -0.3 is 0 Å². The fourth-order valence-electron chi connectivity index (χ4n) is 3.00. The summed E-state index contributed by atoms with van der Waals surface area (Å²) in [6.07, 6.45) is 2.62. The molecule has 0 saturated carbocycles. The third-order valence-electron chi connectivity index (χ3n) is 4.60. The fraction of sp³-hybridized carbons (Fsp3) is 0.238. The smallest absolute Gasteiger partial charge is 0.267 e. The molecule has 10 heteroatoms. The summed E-state index contributed by atoms with van der Waals surface area (Å²) in [5, 5.41) is 4.59. The third-order valence-corrected chi connectivity index (χ3v) is 5.20. The Kier molecular flexibility index (Phi) is 7.25. The molecular weight excluding hydrogens is 446 g/mol. The number of amides is 2. The first-order chi connectivity index (χ1) is 14.8. The van der Waals surface area contributed by atoms with Crippen molar-refractivity contribution in [3.63, 3.8) is 0 Å². The molecule has 0 bridgehead atoms. The van der Waals surface area contributed by atoms with Crippen molar-refractivity contribution in [3.8, 4) is 0 Å². The first-order valence-electron chi connectivity index (χ1n) is 9.58. The average molecular weight is 465 g/mol. The Morgan fingerprint density at radius 1 is 1.03 bits per heavy atom. The van der Waals surface area contributed by atoms with E-state index in [0.29, 0.717) is 17.3 Å². The van der Waals surface area contributed by atoms with E-state index in [1.54, 1.807) is 24.3 Å². The number of aromatic nitrogens is 2. The first kappa shape index (κ1) is 22.7. The Morgan fingerprint density at radius 3 is 2.42 bits per heavy atom. The highest BCUT2D eigenvalue weighted by Crippen LogP contribution is 2.24. The largest absolute Gasteiger partial charge is 0.290 e. The minimum Gasteiger partial charge on any atom is -0.267 e. The Hall–Kier alpha value is -2.97. The lowest BCUT2D eigenvalue weighted by Gasteiger charge is -2.12. The summed E-state index contributed by atoms with van der Waals surface area (Å²) < 4.78 is 14.9. The van der Waals surface area contributed by atoms with Crippen LogP contribution in [0, 0.1) is 5.82 Å². The minimum absolute atomic E-state index is 0.0274. The number of benzene rings is 2. The molecule has 0 unspecified atom stereocenters. The van der Waals surface area contributed by atoms with E-state index < -0.39 is 17.6 Å². The highest BCUT2D eigenvalue weighted by molar-refractivity contribution is 6.36. The van der Waals surface area contributed by atoms with Crippen LogP contribution in [0.25, 0.3) is 10.8 Å². The van der Waals surface area contributed by atoms with E-state index in [2.05, 4.69) is 16.0 Å². The number of unbranched alkanes of at least 4 members (excludes halogenated alkanes) is 2. The van der Waals surface area contributed by atoms with Gasteiger partial charge in [-0.15, -0.1) is 0 Å². The summed E-state index contributed by atoms with van der Waals surface area (Å²) in [5.74, 6) is -2.40. The summed E-state index contributed by atoms with van der Waals surface area (Å²) >= 11 is 11.6. The van der Waals surface area contributed by atoms with Gasteiger partial charge in [0.15, 0.2) is 5.69 Å². The molecule has 0 aliphatic carbocycles. The van der Waals surface area contributed by atoms with Crippen molar-refractivity contribution in [1.29, 1.82) is 0 Å². The van der Waals surface area contributed by atoms with Crippen molar-refractivity contribution < 1.29 is 14.0 Å². The van der Waals surface area contributed by atoms with Gasteiger partial charge in [-0.2, -0.15) is 5.10 Å². The zero-order chi connectivity index (χ0) is 22.5. The van der Waals surface area contributed by atoms with Crippen LogP contribution in [0.4, 0.5) is 4.39 Å². The molecule has 0 fully saturated rings. The van der Waals surface area contributed by atoms with Crippen molar-refractivity contribution >= 4 is 45.8 Å². The molecule has 0 saturated heterocycles. The fourth-order valence-corrected chi connectivity index (χ4v) is 3.47. The molecule has 0 aliphatic heterocycles. The summed E-state index contributed by atoms with van der Waals surface area (Å²) in [6, 6.07) is 8.55. The second kappa shape index (κ2) is 9.89. The predicted molar refractivity (Wildman–Crippen MR) is 117 cm³/mol. The third kappa shape index (κ3) is 5.03. The van der Waals surface area contributed by atoms with Crippen LogP contribution in [-0.4, -0.2) is 21.6 Å². The number of nitrogens with one attached hydrogen (secondary N) is 2. The Labute approximate surface area is 187 Å². The molecule has 3 aromatic rings. The Bertz CT molecular complexity index is 1210. The van der Waals surface area contributed by atoms with Crippen molar-refractivity contribution in [2.45, 2.75) is 32.7 Å². The Balaban J connectivity index is 1.86. The van der Waals surface area contributed by atoms with Gasteiger partial charge in [0.05, 0.1) is 21.0 Å². The number of aryl methyl sites for hydroxylation is 1. The molecule has 162 valence electrons. The number of carbonyl (C=O) groups excluding carboxylic acids is 2. The highest BCUT2D eigenvalue weighted by atomic mass is 35.5. The van der Waals surface area contributed by atoms with E-state index in [-0.39, 0.29) is 26.9 Å². The van der Waals surface area contributed by atoms with Gasteiger partial charge in [-0.25, -0.2) is 9.07 Å². The zero-order valence-electron chi connectivity index (χ0n) is 16.5. The van der Waals surface area contributed by atoms with E-state index >= 15 is 0 Å². The molecule has 0 radical (unpaired) electrons. The van der Waals surface area contributed by atoms with Crippen LogP contribution in [0.15, 0.2) is 41.2 Å². The monoisotopic (exact) mass is 464 g/mol. The quantitative estimate of drug-likeness (QED) is 0.326. The van der Waals surface area contributed by atoms with Gasteiger partial charge in [0.2, 0.25) is 0 Å². The molecule has 3 rings (SSSR count). The average Bonchev–Trinajstić information content (AvgIpc) is 2.76. The number of fused-ring (bicyclic) bond motifs is 1. The van der Waals surface area contributed by atoms with Gasteiger partial charge in [-0.1, -0.05) is 61.2 Å². The minimum atomic E-state index is -0.838. The van der Waals surface area contributed by atoms with E-state index in [4.69, 9.17) is 23.2 Å². The highest BCUT2D eigenvalue weighted by Gasteiger charge is 2.19. The molecule has 2 aromatic carbocycles. The second-order valence-corrected chi connectivity index (χ2v) is 7.60. The van der Waals surface area contributed by atoms with Gasteiger partial charge in [0.25, 0.3) is 17.4 Å². The zero-order valence-corrected chi connectivity index (χ0v) is 18.1. The molecule has 2 amide bonds. The van der Waals surface area contributed by atoms with Crippen molar-refractivity contribution in [3.05, 3.63) is 73.9 Å². The van der Waals surface area contributed by atoms with Crippen molar-refractivity contribution in [2.24, 2.45) is 0 Å². The lowest BCUT2D eigenvalue weighted by atomic mass is 10.1. The molecule has 1 heterocycles. The number of hydrazine groups is 1. The van der Waals surface area contributed by atoms with Crippen LogP contribution in [0.1, 0.15) is 47.0 Å². The summed E-state index contributed by atoms with van der Waals surface area (Å²) in [5.41, 5.74) is 3.88. The molecule has 0 spiro atoms. The maximum absolute atomic E-state index is 13.7. The van der Waals surface area contributed by atoms with Gasteiger partial charge in [-0.05, 0) is 24.6 Å². The normalized spacial score (nSPS) is 10.8. The molecule has 1 aromatic heterocycles. The molecule has 0 aliphatic rings. The molecule has 2 N–H and O–H groups in total. The van der Waals surface area contributed by atoms with Crippen molar-refractivity contribution in [2.75, 3.05) is 0 Å². The summed E-state index contributed by atoms with van der Waals surface area (Å²) in [7, 11) is 0. The number of hydrogen-bond donors (Lipinski definition) is 2. The van der Waals surface area contributed by atoms with Crippen LogP contribution < -0.4 is 16.4 Å². The number of hydrogen-bond acceptors (Lipinski definition) is 4. The van der Waals surface area contributed by atoms with Gasteiger partial charge in [0, 0.05) is 11.9 Å². The number of rotatable bonds is 6. The first-order valence-corrected chi connectivity index (χ1v) is 10.3. The van der Waals surface area contributed by atoms with E-state index in [1.807, 2.05) is 6.92 Å². The molecule has 7 nitrogen and oxygen atoms in total. The molecule has 0 atom stereocenters. The van der Waals surface area contributed by atoms with Crippen LogP contribution >= 0.6 is 23.2 Å². The number of carbonyl (C=O) groups is 2. The number of halogens is 3. The topological polar surface area (TPSA) is 93.1 Å². The lowest BCUT2D eigenvalue weighted by molar-refractivity contribution is 0.0843. The van der Waals surface area contributed by atoms with Gasteiger partial charge in [0.1, 0.15) is 5.82 Å². The maximum atomic E-state index is 13.7.